The van der Waals surface area contributed by atoms with Gasteiger partial charge in [0.2, 0.25) is 0 Å². The van der Waals surface area contributed by atoms with Gasteiger partial charge in [-0.3, -0.25) is 4.79 Å². The SMILES string of the molecule is O=C(Nc1ccc2c(C(F)(F)F)cc(=O)oc2c1)c1cnn2c(C(F)F)cc(C3CC3)nc12. The summed E-state index contributed by atoms with van der Waals surface area (Å²) in [6.07, 6.45) is -4.91. The lowest BCUT2D eigenvalue weighted by Crippen LogP contribution is -2.14. The first-order valence-corrected chi connectivity index (χ1v) is 9.75. The Morgan fingerprint density at radius 3 is 2.61 bits per heavy atom. The zero-order valence-corrected chi connectivity index (χ0v) is 16.5. The molecular weight excluding hydrogens is 451 g/mol. The number of hydrogen-bond donors (Lipinski definition) is 1. The number of halogens is 5. The number of carbonyl (C=O) groups excluding carboxylic acids is 1. The van der Waals surface area contributed by atoms with Crippen LogP contribution in [0.5, 0.6) is 0 Å². The fourth-order valence-electron chi connectivity index (χ4n) is 3.58. The minimum atomic E-state index is -4.77. The molecule has 0 bridgehead atoms. The predicted octanol–water partition coefficient (Wildman–Crippen LogP) is 4.92. The fourth-order valence-corrected chi connectivity index (χ4v) is 3.58. The lowest BCUT2D eigenvalue weighted by atomic mass is 10.1. The summed E-state index contributed by atoms with van der Waals surface area (Å²) in [6, 6.07) is 4.96. The highest BCUT2D eigenvalue weighted by Gasteiger charge is 2.34. The van der Waals surface area contributed by atoms with Crippen molar-refractivity contribution < 1.29 is 31.2 Å². The van der Waals surface area contributed by atoms with Crippen LogP contribution in [0.1, 0.15) is 52.5 Å². The zero-order chi connectivity index (χ0) is 23.5. The molecule has 0 atom stereocenters. The van der Waals surface area contributed by atoms with Crippen LogP contribution >= 0.6 is 0 Å². The van der Waals surface area contributed by atoms with Gasteiger partial charge in [0.25, 0.3) is 12.3 Å². The van der Waals surface area contributed by atoms with E-state index in [0.29, 0.717) is 11.8 Å². The molecule has 3 aromatic heterocycles. The molecule has 4 aromatic rings. The average Bonchev–Trinajstić information content (AvgIpc) is 3.50. The summed E-state index contributed by atoms with van der Waals surface area (Å²) < 4.78 is 72.4. The van der Waals surface area contributed by atoms with Crippen LogP contribution in [0.2, 0.25) is 0 Å². The fraction of sp³-hybridized carbons (Fsp3) is 0.238. The molecule has 1 saturated carbocycles. The van der Waals surface area contributed by atoms with Crippen molar-refractivity contribution >= 4 is 28.2 Å². The maximum Gasteiger partial charge on any atom is 0.417 e. The molecule has 1 aromatic carbocycles. The molecule has 0 spiro atoms. The van der Waals surface area contributed by atoms with Crippen LogP contribution in [0, 0.1) is 0 Å². The van der Waals surface area contributed by atoms with Crippen LogP contribution in [0.15, 0.2) is 45.7 Å². The highest BCUT2D eigenvalue weighted by molar-refractivity contribution is 6.08. The first-order chi connectivity index (χ1) is 15.6. The second-order valence-corrected chi connectivity index (χ2v) is 7.62. The van der Waals surface area contributed by atoms with E-state index in [1.165, 1.54) is 12.1 Å². The van der Waals surface area contributed by atoms with E-state index in [2.05, 4.69) is 15.4 Å². The Morgan fingerprint density at radius 1 is 1.18 bits per heavy atom. The maximum atomic E-state index is 13.5. The summed E-state index contributed by atoms with van der Waals surface area (Å²) in [5.74, 6) is -0.719. The first kappa shape index (κ1) is 21.0. The molecule has 1 aliphatic carbocycles. The average molecular weight is 464 g/mol. The van der Waals surface area contributed by atoms with Gasteiger partial charge in [0.05, 0.1) is 11.8 Å². The topological polar surface area (TPSA) is 89.5 Å². The molecule has 12 heteroatoms. The lowest BCUT2D eigenvalue weighted by molar-refractivity contribution is -0.136. The third-order valence-electron chi connectivity index (χ3n) is 5.29. The van der Waals surface area contributed by atoms with E-state index >= 15 is 0 Å². The molecule has 1 fully saturated rings. The van der Waals surface area contributed by atoms with E-state index in [1.807, 2.05) is 0 Å². The van der Waals surface area contributed by atoms with Crippen molar-refractivity contribution in [3.63, 3.8) is 0 Å². The molecule has 0 unspecified atom stereocenters. The third-order valence-corrected chi connectivity index (χ3v) is 5.29. The van der Waals surface area contributed by atoms with Crippen molar-refractivity contribution in [2.24, 2.45) is 0 Å². The number of carbonyl (C=O) groups is 1. The van der Waals surface area contributed by atoms with Gasteiger partial charge < -0.3 is 9.73 Å². The van der Waals surface area contributed by atoms with Crippen molar-refractivity contribution in [2.75, 3.05) is 5.32 Å². The van der Waals surface area contributed by atoms with Crippen molar-refractivity contribution in [2.45, 2.75) is 31.4 Å². The molecule has 5 rings (SSSR count). The number of amides is 1. The minimum Gasteiger partial charge on any atom is -0.423 e. The largest absolute Gasteiger partial charge is 0.423 e. The Bertz CT molecular complexity index is 1470. The summed E-state index contributed by atoms with van der Waals surface area (Å²) >= 11 is 0. The van der Waals surface area contributed by atoms with Crippen LogP contribution < -0.4 is 10.9 Å². The van der Waals surface area contributed by atoms with E-state index in [9.17, 15) is 31.5 Å². The van der Waals surface area contributed by atoms with Gasteiger partial charge >= 0.3 is 11.8 Å². The number of fused-ring (bicyclic) bond motifs is 2. The number of hydrogen-bond acceptors (Lipinski definition) is 5. The van der Waals surface area contributed by atoms with Crippen LogP contribution in [-0.2, 0) is 6.18 Å². The summed E-state index contributed by atoms with van der Waals surface area (Å²) in [6.45, 7) is 0. The highest BCUT2D eigenvalue weighted by Crippen LogP contribution is 2.40. The van der Waals surface area contributed by atoms with Gasteiger partial charge in [-0.1, -0.05) is 0 Å². The van der Waals surface area contributed by atoms with E-state index in [4.69, 9.17) is 4.42 Å². The molecule has 1 amide bonds. The highest BCUT2D eigenvalue weighted by atomic mass is 19.4. The van der Waals surface area contributed by atoms with Crippen molar-refractivity contribution in [3.05, 3.63) is 69.5 Å². The second-order valence-electron chi connectivity index (χ2n) is 7.62. The maximum absolute atomic E-state index is 13.5. The third kappa shape index (κ3) is 3.81. The molecule has 33 heavy (non-hydrogen) atoms. The quantitative estimate of drug-likeness (QED) is 0.342. The van der Waals surface area contributed by atoms with E-state index in [1.54, 1.807) is 0 Å². The van der Waals surface area contributed by atoms with Crippen molar-refractivity contribution in [3.8, 4) is 0 Å². The van der Waals surface area contributed by atoms with Gasteiger partial charge in [-0.05, 0) is 31.0 Å². The number of benzene rings is 1. The normalized spacial score (nSPS) is 14.4. The predicted molar refractivity (Wildman–Crippen MR) is 105 cm³/mol. The molecule has 7 nitrogen and oxygen atoms in total. The molecule has 0 saturated heterocycles. The number of nitrogens with zero attached hydrogens (tertiary/aromatic N) is 3. The summed E-state index contributed by atoms with van der Waals surface area (Å²) in [5.41, 5.74) is -2.80. The van der Waals surface area contributed by atoms with Gasteiger partial charge in [0.15, 0.2) is 5.65 Å². The molecule has 1 N–H and O–H groups in total. The molecule has 170 valence electrons. The first-order valence-electron chi connectivity index (χ1n) is 9.75. The minimum absolute atomic E-state index is 0.0294. The van der Waals surface area contributed by atoms with E-state index in [0.717, 1.165) is 35.7 Å². The smallest absolute Gasteiger partial charge is 0.417 e. The van der Waals surface area contributed by atoms with Gasteiger partial charge in [-0.15, -0.1) is 0 Å². The molecule has 3 heterocycles. The Morgan fingerprint density at radius 2 is 1.94 bits per heavy atom. The Kier molecular flexibility index (Phi) is 4.69. The number of aromatic nitrogens is 3. The summed E-state index contributed by atoms with van der Waals surface area (Å²) in [5, 5.41) is 5.95. The number of alkyl halides is 5. The van der Waals surface area contributed by atoms with Crippen LogP contribution in [0.3, 0.4) is 0 Å². The Balaban J connectivity index is 1.53. The van der Waals surface area contributed by atoms with E-state index < -0.39 is 35.4 Å². The summed E-state index contributed by atoms with van der Waals surface area (Å²) in [4.78, 5) is 28.7. The number of anilines is 1. The summed E-state index contributed by atoms with van der Waals surface area (Å²) in [7, 11) is 0. The molecule has 0 radical (unpaired) electrons. The lowest BCUT2D eigenvalue weighted by Gasteiger charge is -2.11. The monoisotopic (exact) mass is 464 g/mol. The van der Waals surface area contributed by atoms with E-state index in [-0.39, 0.29) is 33.8 Å². The molecular formula is C21H13F5N4O3. The zero-order valence-electron chi connectivity index (χ0n) is 16.5. The van der Waals surface area contributed by atoms with Gasteiger partial charge in [-0.2, -0.15) is 18.3 Å². The number of nitrogens with one attached hydrogen (secondary N) is 1. The van der Waals surface area contributed by atoms with Gasteiger partial charge in [0.1, 0.15) is 16.8 Å². The van der Waals surface area contributed by atoms with Crippen molar-refractivity contribution in [1.29, 1.82) is 0 Å². The number of rotatable bonds is 4. The standard InChI is InChI=1S/C21H13F5N4O3/c22-18(23)15-7-14(9-1-2-9)29-19-12(8-27-30(15)19)20(32)28-10-3-4-11-13(21(24,25)26)6-17(31)33-16(11)5-10/h3-9,18H,1-2H2,(H,28,32). The van der Waals surface area contributed by atoms with Gasteiger partial charge in [-0.25, -0.2) is 23.1 Å². The Hall–Kier alpha value is -3.83. The Labute approximate surface area is 180 Å². The molecule has 1 aliphatic rings. The van der Waals surface area contributed by atoms with Crippen LogP contribution in [0.25, 0.3) is 16.6 Å². The molecule has 0 aliphatic heterocycles. The van der Waals surface area contributed by atoms with Crippen LogP contribution in [0.4, 0.5) is 27.6 Å². The van der Waals surface area contributed by atoms with Crippen molar-refractivity contribution in [1.82, 2.24) is 14.6 Å². The van der Waals surface area contributed by atoms with Crippen LogP contribution in [-0.4, -0.2) is 20.5 Å². The van der Waals surface area contributed by atoms with Gasteiger partial charge in [0, 0.05) is 34.8 Å². The second kappa shape index (κ2) is 7.36.